The molecule has 0 heterocycles. The Balaban J connectivity index is 3.07. The third kappa shape index (κ3) is 19.8. The molecule has 0 saturated heterocycles. The topological polar surface area (TPSA) is 78.9 Å². The second-order valence-corrected chi connectivity index (χ2v) is 5.21. The highest BCUT2D eigenvalue weighted by molar-refractivity contribution is 4.52. The van der Waals surface area contributed by atoms with Crippen LogP contribution in [0.25, 0.3) is 0 Å². The van der Waals surface area contributed by atoms with Crippen molar-refractivity contribution in [2.75, 3.05) is 106 Å². The van der Waals surface area contributed by atoms with Crippen LogP contribution in [0.2, 0.25) is 0 Å². The molecule has 0 bridgehead atoms. The molecule has 8 nitrogen and oxygen atoms in total. The SMILES string of the molecule is CCN(CCO)CCOCCOCCOCCOCCOCCOC. The predicted molar refractivity (Wildman–Crippen MR) is 95.2 cm³/mol. The quantitative estimate of drug-likeness (QED) is 0.285. The highest BCUT2D eigenvalue weighted by atomic mass is 16.6. The lowest BCUT2D eigenvalue weighted by Crippen LogP contribution is -2.30. The van der Waals surface area contributed by atoms with Crippen molar-refractivity contribution in [1.82, 2.24) is 4.90 Å². The van der Waals surface area contributed by atoms with Crippen LogP contribution in [0.1, 0.15) is 6.92 Å². The number of aliphatic hydroxyl groups is 1. The van der Waals surface area contributed by atoms with E-state index in [2.05, 4.69) is 11.8 Å². The van der Waals surface area contributed by atoms with Gasteiger partial charge in [-0.25, -0.2) is 0 Å². The lowest BCUT2D eigenvalue weighted by molar-refractivity contribution is -0.0156. The van der Waals surface area contributed by atoms with Gasteiger partial charge in [-0.2, -0.15) is 0 Å². The zero-order valence-corrected chi connectivity index (χ0v) is 16.0. The Morgan fingerprint density at radius 3 is 1.36 bits per heavy atom. The maximum atomic E-state index is 8.88. The third-order valence-corrected chi connectivity index (χ3v) is 3.34. The fraction of sp³-hybridized carbons (Fsp3) is 1.00. The Morgan fingerprint density at radius 2 is 1.00 bits per heavy atom. The summed E-state index contributed by atoms with van der Waals surface area (Å²) in [6, 6.07) is 0. The highest BCUT2D eigenvalue weighted by Crippen LogP contribution is 1.88. The maximum Gasteiger partial charge on any atom is 0.0701 e. The third-order valence-electron chi connectivity index (χ3n) is 3.34. The average Bonchev–Trinajstić information content (AvgIpc) is 2.63. The second-order valence-electron chi connectivity index (χ2n) is 5.21. The Kier molecular flexibility index (Phi) is 21.4. The van der Waals surface area contributed by atoms with Crippen LogP contribution in [0.15, 0.2) is 0 Å². The molecule has 152 valence electrons. The lowest BCUT2D eigenvalue weighted by Gasteiger charge is -2.18. The van der Waals surface area contributed by atoms with Crippen LogP contribution in [0.3, 0.4) is 0 Å². The molecule has 25 heavy (non-hydrogen) atoms. The summed E-state index contributed by atoms with van der Waals surface area (Å²) in [5, 5.41) is 8.88. The second kappa shape index (κ2) is 21.7. The van der Waals surface area contributed by atoms with Crippen molar-refractivity contribution < 1.29 is 33.5 Å². The normalized spacial score (nSPS) is 11.5. The molecule has 8 heteroatoms. The summed E-state index contributed by atoms with van der Waals surface area (Å²) in [4.78, 5) is 2.14. The number of likely N-dealkylation sites (N-methyl/N-ethyl adjacent to an activating group) is 1. The molecule has 0 rings (SSSR count). The minimum Gasteiger partial charge on any atom is -0.395 e. The van der Waals surface area contributed by atoms with E-state index in [1.54, 1.807) is 7.11 Å². The largest absolute Gasteiger partial charge is 0.395 e. The molecule has 0 atom stereocenters. The van der Waals surface area contributed by atoms with E-state index in [1.165, 1.54) is 0 Å². The first kappa shape index (κ1) is 24.7. The van der Waals surface area contributed by atoms with Gasteiger partial charge in [-0.15, -0.1) is 0 Å². The van der Waals surface area contributed by atoms with Crippen LogP contribution in [0.5, 0.6) is 0 Å². The summed E-state index contributed by atoms with van der Waals surface area (Å²) in [5.74, 6) is 0. The first-order chi connectivity index (χ1) is 12.3. The van der Waals surface area contributed by atoms with Crippen molar-refractivity contribution in [3.8, 4) is 0 Å². The molecule has 0 aromatic carbocycles. The van der Waals surface area contributed by atoms with E-state index in [1.807, 2.05) is 0 Å². The first-order valence-electron chi connectivity index (χ1n) is 9.06. The van der Waals surface area contributed by atoms with Gasteiger partial charge in [-0.3, -0.25) is 4.90 Å². The van der Waals surface area contributed by atoms with E-state index in [9.17, 15) is 0 Å². The Bertz CT molecular complexity index is 247. The first-order valence-corrected chi connectivity index (χ1v) is 9.06. The predicted octanol–water partition coefficient (Wildman–Crippen LogP) is 0.0300. The van der Waals surface area contributed by atoms with Gasteiger partial charge in [0.1, 0.15) is 0 Å². The fourth-order valence-electron chi connectivity index (χ4n) is 1.89. The Hall–Kier alpha value is -0.320. The molecule has 0 unspecified atom stereocenters. The molecule has 0 aromatic heterocycles. The van der Waals surface area contributed by atoms with Crippen LogP contribution in [-0.4, -0.2) is 116 Å². The fourth-order valence-corrected chi connectivity index (χ4v) is 1.89. The number of nitrogens with zero attached hydrogens (tertiary/aromatic N) is 1. The molecule has 0 aliphatic carbocycles. The highest BCUT2D eigenvalue weighted by Gasteiger charge is 2.00. The van der Waals surface area contributed by atoms with Crippen LogP contribution in [0.4, 0.5) is 0 Å². The number of rotatable bonds is 21. The summed E-state index contributed by atoms with van der Waals surface area (Å²) >= 11 is 0. The molecule has 0 aliphatic rings. The van der Waals surface area contributed by atoms with Crippen molar-refractivity contribution in [2.45, 2.75) is 6.92 Å². The molecular weight excluding hydrogens is 330 g/mol. The maximum absolute atomic E-state index is 8.88. The van der Waals surface area contributed by atoms with Gasteiger partial charge in [-0.1, -0.05) is 6.92 Å². The van der Waals surface area contributed by atoms with Gasteiger partial charge in [0.05, 0.1) is 79.3 Å². The summed E-state index contributed by atoms with van der Waals surface area (Å²) in [7, 11) is 1.65. The molecule has 0 fully saturated rings. The van der Waals surface area contributed by atoms with Gasteiger partial charge in [0.25, 0.3) is 0 Å². The van der Waals surface area contributed by atoms with Gasteiger partial charge in [-0.05, 0) is 6.54 Å². The van der Waals surface area contributed by atoms with E-state index >= 15 is 0 Å². The van der Waals surface area contributed by atoms with Gasteiger partial charge < -0.3 is 33.5 Å². The van der Waals surface area contributed by atoms with Crippen molar-refractivity contribution in [1.29, 1.82) is 0 Å². The summed E-state index contributed by atoms with van der Waals surface area (Å²) in [6.07, 6.45) is 0. The van der Waals surface area contributed by atoms with E-state index in [0.717, 1.165) is 13.1 Å². The summed E-state index contributed by atoms with van der Waals surface area (Å²) in [6.45, 7) is 11.0. The molecule has 0 amide bonds. The molecule has 0 aromatic rings. The summed E-state index contributed by atoms with van der Waals surface area (Å²) < 4.78 is 31.8. The van der Waals surface area contributed by atoms with Crippen molar-refractivity contribution in [3.05, 3.63) is 0 Å². The number of methoxy groups -OCH3 is 1. The summed E-state index contributed by atoms with van der Waals surface area (Å²) in [5.41, 5.74) is 0. The smallest absolute Gasteiger partial charge is 0.0701 e. The van der Waals surface area contributed by atoms with Crippen LogP contribution in [-0.2, 0) is 28.4 Å². The number of hydrogen-bond acceptors (Lipinski definition) is 8. The molecule has 0 saturated carbocycles. The molecular formula is C17H37NO7. The number of hydrogen-bond donors (Lipinski definition) is 1. The minimum absolute atomic E-state index is 0.185. The molecule has 0 spiro atoms. The van der Waals surface area contributed by atoms with E-state index in [-0.39, 0.29) is 6.61 Å². The van der Waals surface area contributed by atoms with Crippen LogP contribution >= 0.6 is 0 Å². The van der Waals surface area contributed by atoms with Crippen molar-refractivity contribution >= 4 is 0 Å². The molecule has 1 N–H and O–H groups in total. The zero-order chi connectivity index (χ0) is 18.4. The lowest BCUT2D eigenvalue weighted by atomic mass is 10.5. The average molecular weight is 367 g/mol. The Morgan fingerprint density at radius 1 is 0.600 bits per heavy atom. The molecule has 0 aliphatic heterocycles. The molecule has 0 radical (unpaired) electrons. The van der Waals surface area contributed by atoms with Crippen LogP contribution in [0, 0.1) is 0 Å². The van der Waals surface area contributed by atoms with Gasteiger partial charge >= 0.3 is 0 Å². The zero-order valence-electron chi connectivity index (χ0n) is 16.0. The van der Waals surface area contributed by atoms with Crippen molar-refractivity contribution in [2.24, 2.45) is 0 Å². The standard InChI is InChI=1S/C17H37NO7/c1-3-18(4-6-19)5-7-21-10-11-23-14-15-25-17-16-24-13-12-22-9-8-20-2/h19H,3-17H2,1-2H3. The van der Waals surface area contributed by atoms with E-state index in [0.29, 0.717) is 79.2 Å². The van der Waals surface area contributed by atoms with Gasteiger partial charge in [0, 0.05) is 20.2 Å². The van der Waals surface area contributed by atoms with Gasteiger partial charge in [0.2, 0.25) is 0 Å². The number of aliphatic hydroxyl groups excluding tert-OH is 1. The number of ether oxygens (including phenoxy) is 6. The van der Waals surface area contributed by atoms with Crippen molar-refractivity contribution in [3.63, 3.8) is 0 Å². The minimum atomic E-state index is 0.185. The van der Waals surface area contributed by atoms with E-state index < -0.39 is 0 Å². The monoisotopic (exact) mass is 367 g/mol. The van der Waals surface area contributed by atoms with Crippen LogP contribution < -0.4 is 0 Å². The van der Waals surface area contributed by atoms with E-state index in [4.69, 9.17) is 33.5 Å². The Labute approximate surface area is 152 Å². The van der Waals surface area contributed by atoms with Gasteiger partial charge in [0.15, 0.2) is 0 Å².